The third-order valence-electron chi connectivity index (χ3n) is 7.42. The number of amides is 2. The number of carbonyl (C=O) groups is 2. The van der Waals surface area contributed by atoms with E-state index in [4.69, 9.17) is 5.10 Å². The molecule has 0 saturated carbocycles. The monoisotopic (exact) mass is 497 g/mol. The van der Waals surface area contributed by atoms with Crippen molar-refractivity contribution < 1.29 is 9.59 Å². The normalized spacial score (nSPS) is 15.8. The van der Waals surface area contributed by atoms with Gasteiger partial charge in [-0.25, -0.2) is 9.67 Å². The molecule has 5 heterocycles. The predicted molar refractivity (Wildman–Crippen MR) is 143 cm³/mol. The van der Waals surface area contributed by atoms with Gasteiger partial charge in [0, 0.05) is 94.1 Å². The lowest BCUT2D eigenvalue weighted by atomic mass is 10.1. The Morgan fingerprint density at radius 2 is 1.68 bits per heavy atom. The first-order valence-electron chi connectivity index (χ1n) is 12.9. The molecule has 37 heavy (non-hydrogen) atoms. The first-order valence-corrected chi connectivity index (χ1v) is 12.9. The number of para-hydroxylation sites is 1. The number of fused-ring (bicyclic) bond motifs is 2. The van der Waals surface area contributed by atoms with E-state index in [0.717, 1.165) is 59.9 Å². The molecule has 9 nitrogen and oxygen atoms in total. The highest BCUT2D eigenvalue weighted by atomic mass is 16.2. The zero-order valence-corrected chi connectivity index (χ0v) is 21.1. The molecule has 190 valence electrons. The maximum atomic E-state index is 13.2. The minimum atomic E-state index is -0.0224. The molecule has 0 spiro atoms. The second-order valence-corrected chi connectivity index (χ2v) is 9.74. The number of piperazine rings is 1. The summed E-state index contributed by atoms with van der Waals surface area (Å²) in [4.78, 5) is 36.4. The Morgan fingerprint density at radius 1 is 0.892 bits per heavy atom. The summed E-state index contributed by atoms with van der Waals surface area (Å²) in [5, 5.41) is 5.99. The molecule has 9 heteroatoms. The zero-order valence-electron chi connectivity index (χ0n) is 21.1. The van der Waals surface area contributed by atoms with Gasteiger partial charge in [0.1, 0.15) is 11.6 Å². The van der Waals surface area contributed by atoms with Crippen molar-refractivity contribution in [3.63, 3.8) is 0 Å². The van der Waals surface area contributed by atoms with Gasteiger partial charge in [0.15, 0.2) is 0 Å². The summed E-state index contributed by atoms with van der Waals surface area (Å²) >= 11 is 0. The molecular formula is C28H31N7O2. The molecule has 2 amide bonds. The molecule has 0 bridgehead atoms. The quantitative estimate of drug-likeness (QED) is 0.423. The number of rotatable bonds is 5. The van der Waals surface area contributed by atoms with E-state index in [1.165, 1.54) is 0 Å². The molecule has 6 rings (SSSR count). The number of aromatic nitrogens is 4. The lowest BCUT2D eigenvalue weighted by molar-refractivity contribution is -0.133. The van der Waals surface area contributed by atoms with Crippen LogP contribution in [0.3, 0.4) is 0 Å². The Labute approximate surface area is 215 Å². The van der Waals surface area contributed by atoms with Crippen LogP contribution in [-0.4, -0.2) is 68.8 Å². The first-order chi connectivity index (χ1) is 18.1. The van der Waals surface area contributed by atoms with E-state index in [1.807, 2.05) is 53.0 Å². The van der Waals surface area contributed by atoms with Gasteiger partial charge in [0.25, 0.3) is 0 Å². The lowest BCUT2D eigenvalue weighted by Crippen LogP contribution is -2.49. The Balaban J connectivity index is 1.10. The summed E-state index contributed by atoms with van der Waals surface area (Å²) in [5.74, 6) is 1.77. The minimum Gasteiger partial charge on any atom is -0.353 e. The molecule has 1 fully saturated rings. The number of hydrogen-bond acceptors (Lipinski definition) is 5. The summed E-state index contributed by atoms with van der Waals surface area (Å²) in [7, 11) is 2.03. The third kappa shape index (κ3) is 4.45. The topological polar surface area (TPSA) is 79.5 Å². The smallest absolute Gasteiger partial charge is 0.228 e. The van der Waals surface area contributed by atoms with Crippen molar-refractivity contribution >= 4 is 34.4 Å². The van der Waals surface area contributed by atoms with Crippen molar-refractivity contribution in [1.82, 2.24) is 24.2 Å². The van der Waals surface area contributed by atoms with Crippen LogP contribution in [0.4, 0.5) is 11.6 Å². The summed E-state index contributed by atoms with van der Waals surface area (Å²) in [5.41, 5.74) is 3.08. The molecule has 4 aromatic rings. The molecule has 0 N–H and O–H groups in total. The number of nitrogens with zero attached hydrogens (tertiary/aromatic N) is 7. The maximum absolute atomic E-state index is 13.2. The highest BCUT2D eigenvalue weighted by molar-refractivity contribution is 5.98. The van der Waals surface area contributed by atoms with Gasteiger partial charge < -0.3 is 14.4 Å². The fourth-order valence-corrected chi connectivity index (χ4v) is 5.44. The molecule has 0 atom stereocenters. The number of carbonyl (C=O) groups excluding carboxylic acids is 2. The highest BCUT2D eigenvalue weighted by Crippen LogP contribution is 2.33. The van der Waals surface area contributed by atoms with Crippen LogP contribution in [0.5, 0.6) is 0 Å². The van der Waals surface area contributed by atoms with Crippen LogP contribution in [0.2, 0.25) is 0 Å². The van der Waals surface area contributed by atoms with Crippen molar-refractivity contribution in [2.24, 2.45) is 7.05 Å². The van der Waals surface area contributed by atoms with Gasteiger partial charge in [0.2, 0.25) is 11.8 Å². The molecule has 1 aromatic carbocycles. The maximum Gasteiger partial charge on any atom is 0.228 e. The summed E-state index contributed by atoms with van der Waals surface area (Å²) in [6, 6.07) is 16.2. The van der Waals surface area contributed by atoms with Gasteiger partial charge in [-0.05, 0) is 24.6 Å². The zero-order chi connectivity index (χ0) is 25.4. The molecule has 0 aliphatic carbocycles. The number of benzene rings is 1. The van der Waals surface area contributed by atoms with Gasteiger partial charge >= 0.3 is 0 Å². The SMILES string of the molecule is Cn1cc(-c2cc3n(n2)CCCN3C(=O)CCC(=O)N2CCN(c3ccccn3)CC2)c2ccccc21. The number of pyridine rings is 1. The first kappa shape index (κ1) is 23.3. The van der Waals surface area contributed by atoms with Crippen molar-refractivity contribution in [3.05, 3.63) is 60.9 Å². The molecule has 0 radical (unpaired) electrons. The van der Waals surface area contributed by atoms with E-state index in [1.54, 1.807) is 11.1 Å². The van der Waals surface area contributed by atoms with E-state index in [9.17, 15) is 9.59 Å². The Morgan fingerprint density at radius 3 is 2.49 bits per heavy atom. The predicted octanol–water partition coefficient (Wildman–Crippen LogP) is 3.30. The largest absolute Gasteiger partial charge is 0.353 e. The molecule has 2 aliphatic heterocycles. The van der Waals surface area contributed by atoms with Crippen molar-refractivity contribution in [2.75, 3.05) is 42.5 Å². The summed E-state index contributed by atoms with van der Waals surface area (Å²) in [6.07, 6.45) is 5.16. The van der Waals surface area contributed by atoms with E-state index in [0.29, 0.717) is 19.6 Å². The molecule has 0 unspecified atom stereocenters. The van der Waals surface area contributed by atoms with Gasteiger partial charge in [-0.2, -0.15) is 5.10 Å². The van der Waals surface area contributed by atoms with E-state index >= 15 is 0 Å². The average Bonchev–Trinajstić information content (AvgIpc) is 3.53. The molecular weight excluding hydrogens is 466 g/mol. The van der Waals surface area contributed by atoms with Crippen LogP contribution >= 0.6 is 0 Å². The van der Waals surface area contributed by atoms with Gasteiger partial charge in [-0.3, -0.25) is 14.5 Å². The number of anilines is 2. The van der Waals surface area contributed by atoms with Crippen molar-refractivity contribution in [3.8, 4) is 11.3 Å². The highest BCUT2D eigenvalue weighted by Gasteiger charge is 2.27. The van der Waals surface area contributed by atoms with Crippen LogP contribution in [0, 0.1) is 0 Å². The lowest BCUT2D eigenvalue weighted by Gasteiger charge is -2.35. The number of aryl methyl sites for hydroxylation is 2. The van der Waals surface area contributed by atoms with Crippen molar-refractivity contribution in [1.29, 1.82) is 0 Å². The molecule has 1 saturated heterocycles. The van der Waals surface area contributed by atoms with Crippen LogP contribution in [0.1, 0.15) is 19.3 Å². The fraction of sp³-hybridized carbons (Fsp3) is 0.357. The van der Waals surface area contributed by atoms with Crippen LogP contribution in [0.15, 0.2) is 60.9 Å². The van der Waals surface area contributed by atoms with E-state index in [-0.39, 0.29) is 24.7 Å². The summed E-state index contributed by atoms with van der Waals surface area (Å²) < 4.78 is 4.03. The van der Waals surface area contributed by atoms with Crippen molar-refractivity contribution in [2.45, 2.75) is 25.8 Å². The summed E-state index contributed by atoms with van der Waals surface area (Å²) in [6.45, 7) is 4.22. The minimum absolute atomic E-state index is 0.0224. The third-order valence-corrected chi connectivity index (χ3v) is 7.42. The van der Waals surface area contributed by atoms with Crippen LogP contribution < -0.4 is 9.80 Å². The second-order valence-electron chi connectivity index (χ2n) is 9.74. The Hall–Kier alpha value is -4.14. The molecule has 3 aromatic heterocycles. The van der Waals surface area contributed by atoms with Gasteiger partial charge in [-0.1, -0.05) is 24.3 Å². The van der Waals surface area contributed by atoms with E-state index < -0.39 is 0 Å². The van der Waals surface area contributed by atoms with Crippen LogP contribution in [-0.2, 0) is 23.2 Å². The standard InChI is InChI=1S/C28H31N7O2/c1-31-20-22(21-7-2-3-8-24(21)31)23-19-26-34(13-6-14-35(26)30-23)28(37)11-10-27(36)33-17-15-32(16-18-33)25-9-4-5-12-29-25/h2-5,7-9,12,19-20H,6,10-11,13-18H2,1H3. The van der Waals surface area contributed by atoms with E-state index in [2.05, 4.69) is 32.8 Å². The van der Waals surface area contributed by atoms with Crippen LogP contribution in [0.25, 0.3) is 22.2 Å². The number of hydrogen-bond donors (Lipinski definition) is 0. The second kappa shape index (κ2) is 9.72. The Bertz CT molecular complexity index is 1430. The average molecular weight is 498 g/mol. The van der Waals surface area contributed by atoms with Gasteiger partial charge in [-0.15, -0.1) is 0 Å². The van der Waals surface area contributed by atoms with Gasteiger partial charge in [0.05, 0.1) is 5.69 Å². The molecule has 2 aliphatic rings. The Kier molecular flexibility index (Phi) is 6.12. The fourth-order valence-electron chi connectivity index (χ4n) is 5.44.